The molecule has 0 bridgehead atoms. The lowest BCUT2D eigenvalue weighted by Crippen LogP contribution is -2.51. The zero-order chi connectivity index (χ0) is 28.5. The topological polar surface area (TPSA) is 73.4 Å². The third-order valence-electron chi connectivity index (χ3n) is 8.42. The van der Waals surface area contributed by atoms with Gasteiger partial charge in [0.05, 0.1) is 30.5 Å². The number of ether oxygens (including phenoxy) is 1. The molecule has 0 radical (unpaired) electrons. The first-order valence-electron chi connectivity index (χ1n) is 14.1. The highest BCUT2D eigenvalue weighted by molar-refractivity contribution is 6.30. The number of amides is 3. The minimum absolute atomic E-state index is 0.0350. The van der Waals surface area contributed by atoms with Crippen molar-refractivity contribution < 1.29 is 19.1 Å². The van der Waals surface area contributed by atoms with Crippen molar-refractivity contribution >= 4 is 40.7 Å². The number of nitrogens with zero attached hydrogens (tertiary/aromatic N) is 4. The van der Waals surface area contributed by atoms with Crippen LogP contribution in [0.2, 0.25) is 5.02 Å². The largest absolute Gasteiger partial charge is 0.497 e. The van der Waals surface area contributed by atoms with E-state index in [4.69, 9.17) is 16.3 Å². The van der Waals surface area contributed by atoms with Gasteiger partial charge in [0.15, 0.2) is 0 Å². The smallest absolute Gasteiger partial charge is 0.263 e. The number of rotatable bonds is 6. The molecule has 0 aromatic heterocycles. The van der Waals surface area contributed by atoms with Crippen LogP contribution in [0.15, 0.2) is 66.7 Å². The van der Waals surface area contributed by atoms with E-state index in [-0.39, 0.29) is 30.2 Å². The predicted octanol–water partition coefficient (Wildman–Crippen LogP) is 4.71. The molecule has 3 aliphatic rings. The number of carbonyl (C=O) groups is 3. The van der Waals surface area contributed by atoms with E-state index in [1.54, 1.807) is 25.3 Å². The van der Waals surface area contributed by atoms with Gasteiger partial charge >= 0.3 is 0 Å². The first-order valence-corrected chi connectivity index (χ1v) is 14.5. The molecule has 2 fully saturated rings. The molecular weight excluding hydrogens is 540 g/mol. The highest BCUT2D eigenvalue weighted by atomic mass is 35.5. The lowest BCUT2D eigenvalue weighted by Gasteiger charge is -2.40. The molecule has 8 nitrogen and oxygen atoms in total. The summed E-state index contributed by atoms with van der Waals surface area (Å²) < 4.78 is 5.26. The second-order valence-electron chi connectivity index (χ2n) is 10.8. The summed E-state index contributed by atoms with van der Waals surface area (Å²) in [4.78, 5) is 47.8. The number of hydrogen-bond donors (Lipinski definition) is 0. The number of anilines is 2. The monoisotopic (exact) mass is 572 g/mol. The Morgan fingerprint density at radius 1 is 0.854 bits per heavy atom. The molecule has 9 heteroatoms. The molecule has 0 N–H and O–H groups in total. The quantitative estimate of drug-likeness (QED) is 0.398. The van der Waals surface area contributed by atoms with Crippen molar-refractivity contribution in [2.45, 2.75) is 19.4 Å². The molecule has 0 atom stereocenters. The van der Waals surface area contributed by atoms with E-state index in [1.807, 2.05) is 41.3 Å². The molecule has 0 unspecified atom stereocenters. The van der Waals surface area contributed by atoms with E-state index in [0.717, 1.165) is 48.6 Å². The van der Waals surface area contributed by atoms with Gasteiger partial charge in [0.2, 0.25) is 5.91 Å². The van der Waals surface area contributed by atoms with Gasteiger partial charge in [0, 0.05) is 55.9 Å². The van der Waals surface area contributed by atoms with Gasteiger partial charge in [0.25, 0.3) is 11.8 Å². The molecule has 3 aromatic rings. The van der Waals surface area contributed by atoms with Gasteiger partial charge in [-0.1, -0.05) is 29.8 Å². The first kappa shape index (κ1) is 27.1. The Labute approximate surface area is 245 Å². The summed E-state index contributed by atoms with van der Waals surface area (Å²) in [5.74, 6) is 0.447. The normalized spacial score (nSPS) is 17.7. The fourth-order valence-corrected chi connectivity index (χ4v) is 6.36. The average molecular weight is 573 g/mol. The van der Waals surface area contributed by atoms with Crippen molar-refractivity contribution in [1.29, 1.82) is 0 Å². The molecular formula is C32H33ClN4O4. The van der Waals surface area contributed by atoms with Crippen LogP contribution in [0.3, 0.4) is 0 Å². The third-order valence-corrected chi connectivity index (χ3v) is 8.66. The number of hydrogen-bond acceptors (Lipinski definition) is 6. The molecule has 6 rings (SSSR count). The zero-order valence-electron chi connectivity index (χ0n) is 23.1. The molecule has 0 aliphatic carbocycles. The maximum atomic E-state index is 13.5. The molecule has 3 aromatic carbocycles. The van der Waals surface area contributed by atoms with Gasteiger partial charge in [-0.05, 0) is 66.9 Å². The summed E-state index contributed by atoms with van der Waals surface area (Å²) in [6.07, 6.45) is 1.44. The van der Waals surface area contributed by atoms with Crippen LogP contribution < -0.4 is 14.5 Å². The van der Waals surface area contributed by atoms with Crippen LogP contribution in [-0.2, 0) is 11.3 Å². The van der Waals surface area contributed by atoms with Gasteiger partial charge in [-0.15, -0.1) is 0 Å². The molecule has 41 heavy (non-hydrogen) atoms. The number of piperazine rings is 1. The van der Waals surface area contributed by atoms with E-state index >= 15 is 0 Å². The van der Waals surface area contributed by atoms with Crippen LogP contribution in [0.25, 0.3) is 0 Å². The van der Waals surface area contributed by atoms with Crippen LogP contribution >= 0.6 is 11.6 Å². The lowest BCUT2D eigenvalue weighted by molar-refractivity contribution is -0.136. The highest BCUT2D eigenvalue weighted by Crippen LogP contribution is 2.35. The van der Waals surface area contributed by atoms with Crippen molar-refractivity contribution in [2.24, 2.45) is 5.92 Å². The minimum Gasteiger partial charge on any atom is -0.497 e. The first-order chi connectivity index (χ1) is 19.9. The summed E-state index contributed by atoms with van der Waals surface area (Å²) in [5, 5.41) is 0.566. The van der Waals surface area contributed by atoms with Crippen molar-refractivity contribution in [3.05, 3.63) is 88.4 Å². The van der Waals surface area contributed by atoms with E-state index in [2.05, 4.69) is 21.9 Å². The Morgan fingerprint density at radius 3 is 2.24 bits per heavy atom. The van der Waals surface area contributed by atoms with Gasteiger partial charge in [-0.25, -0.2) is 0 Å². The fraction of sp³-hybridized carbons (Fsp3) is 0.344. The Bertz CT molecular complexity index is 1460. The van der Waals surface area contributed by atoms with Crippen LogP contribution in [0.4, 0.5) is 11.4 Å². The summed E-state index contributed by atoms with van der Waals surface area (Å²) in [7, 11) is 1.66. The summed E-state index contributed by atoms with van der Waals surface area (Å²) in [6, 6.07) is 20.7. The Hall–Kier alpha value is -4.04. The second-order valence-corrected chi connectivity index (χ2v) is 11.2. The molecule has 0 spiro atoms. The van der Waals surface area contributed by atoms with E-state index in [0.29, 0.717) is 42.3 Å². The van der Waals surface area contributed by atoms with Gasteiger partial charge < -0.3 is 19.4 Å². The standard InChI is InChI=1S/C32H33ClN4O4/c1-41-26-10-8-25(9-11-26)34-16-18-36(19-17-34)30(38)23-12-14-35(15-13-23)28-7-3-6-27-29(28)32(40)37(31(27)39)21-22-4-2-5-24(33)20-22/h2-11,20,23H,12-19,21H2,1H3. The number of halogens is 1. The number of benzene rings is 3. The van der Waals surface area contributed by atoms with Crippen molar-refractivity contribution in [3.8, 4) is 5.75 Å². The van der Waals surface area contributed by atoms with Gasteiger partial charge in [0.1, 0.15) is 5.75 Å². The Kier molecular flexibility index (Phi) is 7.58. The van der Waals surface area contributed by atoms with Crippen molar-refractivity contribution in [1.82, 2.24) is 9.80 Å². The van der Waals surface area contributed by atoms with Crippen LogP contribution in [0, 0.1) is 5.92 Å². The van der Waals surface area contributed by atoms with Crippen LogP contribution in [-0.4, -0.2) is 73.9 Å². The Balaban J connectivity index is 1.07. The Morgan fingerprint density at radius 2 is 1.56 bits per heavy atom. The van der Waals surface area contributed by atoms with Crippen molar-refractivity contribution in [2.75, 3.05) is 56.2 Å². The maximum absolute atomic E-state index is 13.5. The zero-order valence-corrected chi connectivity index (χ0v) is 23.8. The fourth-order valence-electron chi connectivity index (χ4n) is 6.14. The lowest BCUT2D eigenvalue weighted by atomic mass is 9.93. The molecule has 3 amide bonds. The second kappa shape index (κ2) is 11.4. The number of carbonyl (C=O) groups excluding carboxylic acids is 3. The maximum Gasteiger partial charge on any atom is 0.263 e. The number of imide groups is 1. The average Bonchev–Trinajstić information content (AvgIpc) is 3.26. The van der Waals surface area contributed by atoms with Crippen molar-refractivity contribution in [3.63, 3.8) is 0 Å². The van der Waals surface area contributed by atoms with Crippen LogP contribution in [0.5, 0.6) is 5.75 Å². The van der Waals surface area contributed by atoms with Gasteiger partial charge in [-0.3, -0.25) is 19.3 Å². The highest BCUT2D eigenvalue weighted by Gasteiger charge is 2.39. The summed E-state index contributed by atoms with van der Waals surface area (Å²) in [5.41, 5.74) is 3.60. The van der Waals surface area contributed by atoms with E-state index in [1.165, 1.54) is 4.90 Å². The third kappa shape index (κ3) is 5.36. The molecule has 0 saturated carbocycles. The molecule has 3 heterocycles. The van der Waals surface area contributed by atoms with Gasteiger partial charge in [-0.2, -0.15) is 0 Å². The molecule has 3 aliphatic heterocycles. The molecule has 2 saturated heterocycles. The van der Waals surface area contributed by atoms with E-state index < -0.39 is 0 Å². The number of methoxy groups -OCH3 is 1. The summed E-state index contributed by atoms with van der Waals surface area (Å²) >= 11 is 6.12. The predicted molar refractivity (Wildman–Crippen MR) is 159 cm³/mol. The number of fused-ring (bicyclic) bond motifs is 1. The van der Waals surface area contributed by atoms with Crippen LogP contribution in [0.1, 0.15) is 39.1 Å². The summed E-state index contributed by atoms with van der Waals surface area (Å²) in [6.45, 7) is 4.51. The number of piperidine rings is 1. The minimum atomic E-state index is -0.286. The molecule has 212 valence electrons. The van der Waals surface area contributed by atoms with E-state index in [9.17, 15) is 14.4 Å². The SMILES string of the molecule is COc1ccc(N2CCN(C(=O)C3CCN(c4cccc5c4C(=O)N(Cc4cccc(Cl)c4)C5=O)CC3)CC2)cc1.